The highest BCUT2D eigenvalue weighted by atomic mass is 16.7. The van der Waals surface area contributed by atoms with Crippen molar-refractivity contribution in [3.63, 3.8) is 0 Å². The van der Waals surface area contributed by atoms with Gasteiger partial charge in [0.15, 0.2) is 0 Å². The van der Waals surface area contributed by atoms with E-state index in [4.69, 9.17) is 9.84 Å². The molecular formula is C34H60O7. The van der Waals surface area contributed by atoms with Gasteiger partial charge in [0.25, 0.3) is 0 Å². The number of fused-ring (bicyclic) bond motifs is 7. The normalized spacial score (nSPS) is 43.3. The number of aliphatic hydroxyl groups is 1. The smallest absolute Gasteiger partial charge is 0.481 e. The Bertz CT molecular complexity index is 858. The number of carboxylic acids is 1. The summed E-state index contributed by atoms with van der Waals surface area (Å²) in [4.78, 5) is 22.7. The maximum atomic E-state index is 12.3. The van der Waals surface area contributed by atoms with Crippen molar-refractivity contribution < 1.29 is 34.0 Å². The van der Waals surface area contributed by atoms with E-state index < -0.39 is 12.1 Å². The van der Waals surface area contributed by atoms with Gasteiger partial charge in [0.1, 0.15) is 12.7 Å². The van der Waals surface area contributed by atoms with Gasteiger partial charge in [0.2, 0.25) is 0 Å². The van der Waals surface area contributed by atoms with Crippen LogP contribution in [0.15, 0.2) is 0 Å². The van der Waals surface area contributed by atoms with Crippen molar-refractivity contribution in [1.82, 2.24) is 0 Å². The third-order valence-electron chi connectivity index (χ3n) is 12.4. The number of epoxide rings is 1. The molecule has 238 valence electrons. The number of ether oxygens (including phenoxy) is 3. The molecule has 1 aliphatic heterocycles. The lowest BCUT2D eigenvalue weighted by Gasteiger charge is -2.67. The number of hydrogen-bond acceptors (Lipinski definition) is 6. The standard InChI is InChI=1S/C25H40O2.C6H10O4.C2H6.CH4O/c1-16-6-4-12-23(2)18(16)10-14-24(3)19-11-15-25(22(26)27)13-5-7-20(25)17(19)8-9-21(23)24;1-2-8-6(7)10-4-5-3-9-5;2*1-2/h16-21H,4-15H2,1-3H3,(H,26,27);5H,2-4H2,1H3;1-2H3;2H,1H3. The molecule has 7 heteroatoms. The molecular weight excluding hydrogens is 520 g/mol. The molecule has 1 saturated heterocycles. The first-order chi connectivity index (χ1) is 19.7. The van der Waals surface area contributed by atoms with Gasteiger partial charge in [-0.3, -0.25) is 4.79 Å². The first-order valence-corrected chi connectivity index (χ1v) is 16.7. The number of rotatable bonds is 4. The van der Waals surface area contributed by atoms with Gasteiger partial charge in [0.05, 0.1) is 18.6 Å². The minimum atomic E-state index is -0.613. The summed E-state index contributed by atoms with van der Waals surface area (Å²) in [6.45, 7) is 14.9. The SMILES string of the molecule is CC.CC1CCCC2(C)C1CCC1(C)C3CCC4(C(=O)O)CCCC4C3CCC21.CCOC(=O)OCC1CO1.CO. The molecule has 0 aromatic carbocycles. The van der Waals surface area contributed by atoms with Gasteiger partial charge in [0, 0.05) is 7.11 Å². The number of hydrogen-bond donors (Lipinski definition) is 2. The van der Waals surface area contributed by atoms with Gasteiger partial charge < -0.3 is 24.4 Å². The van der Waals surface area contributed by atoms with Crippen molar-refractivity contribution in [2.45, 2.75) is 125 Å². The highest BCUT2D eigenvalue weighted by molar-refractivity contribution is 5.75. The Morgan fingerprint density at radius 3 is 2.10 bits per heavy atom. The van der Waals surface area contributed by atoms with Crippen LogP contribution in [0.3, 0.4) is 0 Å². The maximum Gasteiger partial charge on any atom is 0.508 e. The van der Waals surface area contributed by atoms with Gasteiger partial charge in [-0.05, 0) is 111 Å². The van der Waals surface area contributed by atoms with E-state index in [9.17, 15) is 14.7 Å². The number of carbonyl (C=O) groups excluding carboxylic acids is 1. The minimum Gasteiger partial charge on any atom is -0.481 e. The van der Waals surface area contributed by atoms with E-state index in [1.165, 1.54) is 57.8 Å². The Hall–Kier alpha value is -1.34. The van der Waals surface area contributed by atoms with Crippen LogP contribution in [-0.2, 0) is 19.0 Å². The lowest BCUT2D eigenvalue weighted by atomic mass is 9.38. The fourth-order valence-corrected chi connectivity index (χ4v) is 10.8. The summed E-state index contributed by atoms with van der Waals surface area (Å²) in [5.74, 6) is 4.23. The van der Waals surface area contributed by atoms with Crippen LogP contribution in [0.2, 0.25) is 0 Å². The molecule has 0 bridgehead atoms. The summed E-state index contributed by atoms with van der Waals surface area (Å²) >= 11 is 0. The summed E-state index contributed by atoms with van der Waals surface area (Å²) in [5, 5.41) is 17.1. The topological polar surface area (TPSA) is 106 Å². The second-order valence-electron chi connectivity index (χ2n) is 13.9. The molecule has 6 fully saturated rings. The molecule has 5 aliphatic carbocycles. The minimum absolute atomic E-state index is 0.115. The van der Waals surface area contributed by atoms with E-state index in [-0.39, 0.29) is 11.5 Å². The van der Waals surface area contributed by atoms with E-state index in [0.717, 1.165) is 50.0 Å². The van der Waals surface area contributed by atoms with Crippen LogP contribution in [0.1, 0.15) is 119 Å². The summed E-state index contributed by atoms with van der Waals surface area (Å²) in [5.41, 5.74) is 0.663. The first-order valence-electron chi connectivity index (χ1n) is 16.7. The highest BCUT2D eigenvalue weighted by Crippen LogP contribution is 2.71. The quantitative estimate of drug-likeness (QED) is 0.259. The van der Waals surface area contributed by atoms with Gasteiger partial charge in [-0.1, -0.05) is 53.9 Å². The molecule has 2 N–H and O–H groups in total. The molecule has 41 heavy (non-hydrogen) atoms. The molecule has 5 saturated carbocycles. The second kappa shape index (κ2) is 14.4. The summed E-state index contributed by atoms with van der Waals surface area (Å²) in [6.07, 6.45) is 14.8. The Morgan fingerprint density at radius 2 is 1.46 bits per heavy atom. The van der Waals surface area contributed by atoms with E-state index in [1.54, 1.807) is 6.92 Å². The van der Waals surface area contributed by atoms with Crippen LogP contribution in [0.4, 0.5) is 4.79 Å². The van der Waals surface area contributed by atoms with Crippen LogP contribution in [-0.4, -0.2) is 55.4 Å². The molecule has 0 aromatic heterocycles. The zero-order chi connectivity index (χ0) is 30.4. The third-order valence-corrected chi connectivity index (χ3v) is 12.4. The Balaban J connectivity index is 0.000000278. The fourth-order valence-electron chi connectivity index (χ4n) is 10.8. The van der Waals surface area contributed by atoms with Crippen LogP contribution < -0.4 is 0 Å². The molecule has 0 spiro atoms. The molecule has 0 amide bonds. The van der Waals surface area contributed by atoms with Crippen molar-refractivity contribution in [1.29, 1.82) is 0 Å². The molecule has 6 rings (SSSR count). The Labute approximate surface area is 249 Å². The number of carboxylic acid groups (broad SMARTS) is 1. The number of carbonyl (C=O) groups is 2. The molecule has 6 aliphatic rings. The second-order valence-corrected chi connectivity index (χ2v) is 13.9. The molecule has 0 radical (unpaired) electrons. The van der Waals surface area contributed by atoms with Crippen LogP contribution >= 0.6 is 0 Å². The Kier molecular flexibility index (Phi) is 12.0. The van der Waals surface area contributed by atoms with Crippen molar-refractivity contribution in [2.24, 2.45) is 51.8 Å². The van der Waals surface area contributed by atoms with Gasteiger partial charge in [-0.2, -0.15) is 0 Å². The van der Waals surface area contributed by atoms with Gasteiger partial charge in [-0.15, -0.1) is 0 Å². The molecule has 1 heterocycles. The predicted molar refractivity (Wildman–Crippen MR) is 161 cm³/mol. The van der Waals surface area contributed by atoms with Crippen LogP contribution in [0, 0.1) is 51.8 Å². The van der Waals surface area contributed by atoms with Crippen molar-refractivity contribution >= 4 is 12.1 Å². The molecule has 7 nitrogen and oxygen atoms in total. The average molecular weight is 581 g/mol. The lowest BCUT2D eigenvalue weighted by Crippen LogP contribution is -2.60. The van der Waals surface area contributed by atoms with E-state index in [0.29, 0.717) is 42.5 Å². The molecule has 10 unspecified atom stereocenters. The van der Waals surface area contributed by atoms with Crippen molar-refractivity contribution in [3.8, 4) is 0 Å². The lowest BCUT2D eigenvalue weighted by molar-refractivity contribution is -0.190. The summed E-state index contributed by atoms with van der Waals surface area (Å²) in [7, 11) is 1.00. The molecule has 0 aromatic rings. The van der Waals surface area contributed by atoms with Crippen LogP contribution in [0.5, 0.6) is 0 Å². The number of aliphatic hydroxyl groups excluding tert-OH is 1. The zero-order valence-electron chi connectivity index (χ0n) is 27.1. The van der Waals surface area contributed by atoms with E-state index in [1.807, 2.05) is 13.8 Å². The van der Waals surface area contributed by atoms with E-state index in [2.05, 4.69) is 30.2 Å². The van der Waals surface area contributed by atoms with Crippen LogP contribution in [0.25, 0.3) is 0 Å². The van der Waals surface area contributed by atoms with E-state index >= 15 is 0 Å². The summed E-state index contributed by atoms with van der Waals surface area (Å²) in [6, 6.07) is 0. The summed E-state index contributed by atoms with van der Waals surface area (Å²) < 4.78 is 13.9. The highest BCUT2D eigenvalue weighted by Gasteiger charge is 2.65. The van der Waals surface area contributed by atoms with Gasteiger partial charge in [-0.25, -0.2) is 4.79 Å². The maximum absolute atomic E-state index is 12.3. The monoisotopic (exact) mass is 580 g/mol. The predicted octanol–water partition coefficient (Wildman–Crippen LogP) is 7.73. The Morgan fingerprint density at radius 1 is 0.829 bits per heavy atom. The third kappa shape index (κ3) is 6.61. The van der Waals surface area contributed by atoms with Gasteiger partial charge >= 0.3 is 12.1 Å². The zero-order valence-corrected chi connectivity index (χ0v) is 27.1. The fraction of sp³-hybridized carbons (Fsp3) is 0.941. The molecule has 10 atom stereocenters. The first kappa shape index (κ1) is 34.2. The average Bonchev–Trinajstić information content (AvgIpc) is 3.69. The largest absolute Gasteiger partial charge is 0.508 e. The van der Waals surface area contributed by atoms with Crippen molar-refractivity contribution in [2.75, 3.05) is 26.9 Å². The number of aliphatic carboxylic acids is 1. The van der Waals surface area contributed by atoms with Crippen molar-refractivity contribution in [3.05, 3.63) is 0 Å².